The maximum Gasteiger partial charge on any atom is 0.256 e. The van der Waals surface area contributed by atoms with E-state index < -0.39 is 0 Å². The van der Waals surface area contributed by atoms with Gasteiger partial charge >= 0.3 is 0 Å². The molecule has 0 bridgehead atoms. The monoisotopic (exact) mass is 413 g/mol. The number of fused-ring (bicyclic) bond motifs is 1. The number of amides is 2. The Balaban J connectivity index is 1.68. The molecule has 4 aromatic rings. The summed E-state index contributed by atoms with van der Waals surface area (Å²) in [5.41, 5.74) is 2.87. The predicted molar refractivity (Wildman–Crippen MR) is 121 cm³/mol. The number of hydrogen-bond acceptors (Lipinski definition) is 4. The van der Waals surface area contributed by atoms with Gasteiger partial charge in [-0.05, 0) is 56.3 Å². The van der Waals surface area contributed by atoms with E-state index in [1.165, 1.54) is 0 Å². The molecule has 0 aliphatic heterocycles. The molecule has 2 heterocycles. The van der Waals surface area contributed by atoms with Gasteiger partial charge in [0.1, 0.15) is 5.69 Å². The van der Waals surface area contributed by atoms with Gasteiger partial charge in [-0.2, -0.15) is 0 Å². The molecule has 6 nitrogen and oxygen atoms in total. The minimum atomic E-state index is -0.279. The zero-order valence-corrected chi connectivity index (χ0v) is 17.5. The molecule has 4 rings (SSSR count). The Morgan fingerprint density at radius 2 is 1.77 bits per heavy atom. The van der Waals surface area contributed by atoms with Crippen LogP contribution in [0.25, 0.3) is 22.4 Å². The smallest absolute Gasteiger partial charge is 0.256 e. The molecule has 6 heteroatoms. The summed E-state index contributed by atoms with van der Waals surface area (Å²) in [4.78, 5) is 32.2. The molecule has 0 unspecified atom stereocenters. The molecule has 2 aromatic heterocycles. The minimum absolute atomic E-state index is 0.0597. The first kappa shape index (κ1) is 20.3. The maximum absolute atomic E-state index is 13.2. The second-order valence-electron chi connectivity index (χ2n) is 7.06. The lowest BCUT2D eigenvalue weighted by Crippen LogP contribution is -2.30. The molecule has 1 N–H and O–H groups in total. The molecular formula is C25H23N3O3. The van der Waals surface area contributed by atoms with Gasteiger partial charge in [0, 0.05) is 29.7 Å². The van der Waals surface area contributed by atoms with Crippen molar-refractivity contribution in [2.45, 2.75) is 13.8 Å². The summed E-state index contributed by atoms with van der Waals surface area (Å²) in [5.74, 6) is 0.251. The first-order valence-corrected chi connectivity index (χ1v) is 10.2. The van der Waals surface area contributed by atoms with Crippen LogP contribution in [-0.4, -0.2) is 34.8 Å². The van der Waals surface area contributed by atoms with Gasteiger partial charge in [0.15, 0.2) is 5.76 Å². The standard InChI is InChI=1S/C25H23N3O3/c1-3-28(4-2)25(30)17-9-7-10-18(15-17)26-24(29)20-16-22(23-13-8-14-31-23)27-21-12-6-5-11-19(20)21/h5-16H,3-4H2,1-2H3,(H,26,29). The maximum atomic E-state index is 13.2. The molecule has 0 saturated heterocycles. The number of carbonyl (C=O) groups excluding carboxylic acids is 2. The van der Waals surface area contributed by atoms with Crippen LogP contribution in [0.4, 0.5) is 5.69 Å². The number of anilines is 1. The van der Waals surface area contributed by atoms with Gasteiger partial charge in [0.25, 0.3) is 11.8 Å². The normalized spacial score (nSPS) is 10.8. The van der Waals surface area contributed by atoms with Crippen molar-refractivity contribution >= 4 is 28.4 Å². The van der Waals surface area contributed by atoms with Crippen molar-refractivity contribution in [1.82, 2.24) is 9.88 Å². The van der Waals surface area contributed by atoms with E-state index in [9.17, 15) is 9.59 Å². The molecule has 0 saturated carbocycles. The fourth-order valence-corrected chi connectivity index (χ4v) is 3.54. The molecule has 0 aliphatic rings. The Labute approximate surface area is 180 Å². The van der Waals surface area contributed by atoms with E-state index in [2.05, 4.69) is 10.3 Å². The Morgan fingerprint density at radius 3 is 2.52 bits per heavy atom. The van der Waals surface area contributed by atoms with E-state index >= 15 is 0 Å². The molecule has 0 spiro atoms. The average Bonchev–Trinajstić information content (AvgIpc) is 3.34. The van der Waals surface area contributed by atoms with Crippen LogP contribution in [0.15, 0.2) is 77.4 Å². The number of furan rings is 1. The third-order valence-electron chi connectivity index (χ3n) is 5.15. The van der Waals surface area contributed by atoms with Crippen molar-refractivity contribution in [1.29, 1.82) is 0 Å². The van der Waals surface area contributed by atoms with Crippen LogP contribution < -0.4 is 5.32 Å². The van der Waals surface area contributed by atoms with Crippen molar-refractivity contribution in [3.63, 3.8) is 0 Å². The highest BCUT2D eigenvalue weighted by molar-refractivity contribution is 6.13. The summed E-state index contributed by atoms with van der Waals surface area (Å²) < 4.78 is 5.47. The summed E-state index contributed by atoms with van der Waals surface area (Å²) in [7, 11) is 0. The van der Waals surface area contributed by atoms with Gasteiger partial charge < -0.3 is 14.6 Å². The lowest BCUT2D eigenvalue weighted by atomic mass is 10.1. The Morgan fingerprint density at radius 1 is 0.968 bits per heavy atom. The van der Waals surface area contributed by atoms with Gasteiger partial charge in [-0.25, -0.2) is 4.98 Å². The van der Waals surface area contributed by atoms with Gasteiger partial charge in [0.2, 0.25) is 0 Å². The largest absolute Gasteiger partial charge is 0.463 e. The lowest BCUT2D eigenvalue weighted by molar-refractivity contribution is 0.0772. The summed E-state index contributed by atoms with van der Waals surface area (Å²) in [6.45, 7) is 5.14. The van der Waals surface area contributed by atoms with Gasteiger partial charge in [-0.15, -0.1) is 0 Å². The summed E-state index contributed by atoms with van der Waals surface area (Å²) in [5, 5.41) is 3.67. The number of aromatic nitrogens is 1. The Bertz CT molecular complexity index is 1230. The van der Waals surface area contributed by atoms with Crippen LogP contribution in [0.1, 0.15) is 34.6 Å². The second-order valence-corrected chi connectivity index (χ2v) is 7.06. The summed E-state index contributed by atoms with van der Waals surface area (Å²) in [6, 6.07) is 19.8. The van der Waals surface area contributed by atoms with E-state index in [4.69, 9.17) is 4.42 Å². The molecule has 0 aliphatic carbocycles. The molecule has 156 valence electrons. The van der Waals surface area contributed by atoms with Crippen molar-refractivity contribution in [2.75, 3.05) is 18.4 Å². The highest BCUT2D eigenvalue weighted by atomic mass is 16.3. The van der Waals surface area contributed by atoms with E-state index in [0.717, 1.165) is 5.39 Å². The van der Waals surface area contributed by atoms with Crippen molar-refractivity contribution in [3.05, 3.63) is 84.1 Å². The van der Waals surface area contributed by atoms with Crippen molar-refractivity contribution in [2.24, 2.45) is 0 Å². The topological polar surface area (TPSA) is 75.4 Å². The Hall–Kier alpha value is -3.93. The number of nitrogens with zero attached hydrogens (tertiary/aromatic N) is 2. The zero-order chi connectivity index (χ0) is 21.8. The summed E-state index contributed by atoms with van der Waals surface area (Å²) >= 11 is 0. The zero-order valence-electron chi connectivity index (χ0n) is 17.5. The number of nitrogens with one attached hydrogen (secondary N) is 1. The first-order valence-electron chi connectivity index (χ1n) is 10.2. The third-order valence-corrected chi connectivity index (χ3v) is 5.15. The van der Waals surface area contributed by atoms with Crippen LogP contribution in [0, 0.1) is 0 Å². The van der Waals surface area contributed by atoms with E-state index in [0.29, 0.717) is 46.9 Å². The second kappa shape index (κ2) is 8.83. The van der Waals surface area contributed by atoms with Crippen LogP contribution in [-0.2, 0) is 0 Å². The van der Waals surface area contributed by atoms with Gasteiger partial charge in [-0.3, -0.25) is 9.59 Å². The molecule has 31 heavy (non-hydrogen) atoms. The van der Waals surface area contributed by atoms with Gasteiger partial charge in [-0.1, -0.05) is 24.3 Å². The number of benzene rings is 2. The van der Waals surface area contributed by atoms with Gasteiger partial charge in [0.05, 0.1) is 17.3 Å². The minimum Gasteiger partial charge on any atom is -0.463 e. The fraction of sp³-hybridized carbons (Fsp3) is 0.160. The molecule has 0 fully saturated rings. The van der Waals surface area contributed by atoms with E-state index in [1.54, 1.807) is 53.6 Å². The third kappa shape index (κ3) is 4.19. The SMILES string of the molecule is CCN(CC)C(=O)c1cccc(NC(=O)c2cc(-c3ccco3)nc3ccccc23)c1. The highest BCUT2D eigenvalue weighted by Gasteiger charge is 2.17. The predicted octanol–water partition coefficient (Wildman–Crippen LogP) is 5.23. The number of para-hydroxylation sites is 1. The number of rotatable bonds is 6. The number of pyridine rings is 1. The van der Waals surface area contributed by atoms with Crippen LogP contribution in [0.2, 0.25) is 0 Å². The quantitative estimate of drug-likeness (QED) is 0.470. The molecule has 0 atom stereocenters. The Kier molecular flexibility index (Phi) is 5.80. The van der Waals surface area contributed by atoms with Crippen LogP contribution in [0.3, 0.4) is 0 Å². The van der Waals surface area contributed by atoms with E-state index in [1.807, 2.05) is 38.1 Å². The van der Waals surface area contributed by atoms with Crippen molar-refractivity contribution < 1.29 is 14.0 Å². The molecular weight excluding hydrogens is 390 g/mol. The van der Waals surface area contributed by atoms with Crippen LogP contribution in [0.5, 0.6) is 0 Å². The van der Waals surface area contributed by atoms with Crippen molar-refractivity contribution in [3.8, 4) is 11.5 Å². The number of carbonyl (C=O) groups is 2. The number of hydrogen-bond donors (Lipinski definition) is 1. The highest BCUT2D eigenvalue weighted by Crippen LogP contribution is 2.26. The molecule has 2 aromatic carbocycles. The average molecular weight is 413 g/mol. The summed E-state index contributed by atoms with van der Waals surface area (Å²) in [6.07, 6.45) is 1.57. The van der Waals surface area contributed by atoms with E-state index in [-0.39, 0.29) is 11.8 Å². The fourth-order valence-electron chi connectivity index (χ4n) is 3.54. The molecule has 0 radical (unpaired) electrons. The van der Waals surface area contributed by atoms with Crippen LogP contribution >= 0.6 is 0 Å². The molecule has 2 amide bonds. The lowest BCUT2D eigenvalue weighted by Gasteiger charge is -2.19. The first-order chi connectivity index (χ1) is 15.1.